The molecule has 2 bridgehead atoms. The van der Waals surface area contributed by atoms with Gasteiger partial charge in [-0.1, -0.05) is 66.7 Å². The second-order valence-corrected chi connectivity index (χ2v) is 12.4. The number of rotatable bonds is 7. The van der Waals surface area contributed by atoms with Crippen LogP contribution < -0.4 is 0 Å². The summed E-state index contributed by atoms with van der Waals surface area (Å²) in [5.41, 5.74) is 0.579. The molecule has 0 heterocycles. The van der Waals surface area contributed by atoms with E-state index in [1.807, 2.05) is 0 Å². The predicted molar refractivity (Wildman–Crippen MR) is 122 cm³/mol. The quantitative estimate of drug-likeness (QED) is 0.410. The molecule has 0 aromatic heterocycles. The number of hydrogen-bond acceptors (Lipinski definition) is 0. The minimum Gasteiger partial charge on any atom is -0.0651 e. The number of fused-ring (bicyclic) bond motifs is 2. The summed E-state index contributed by atoms with van der Waals surface area (Å²) < 4.78 is 0. The summed E-state index contributed by atoms with van der Waals surface area (Å²) in [6.07, 6.45) is 19.9. The van der Waals surface area contributed by atoms with E-state index in [4.69, 9.17) is 0 Å². The van der Waals surface area contributed by atoms with E-state index in [9.17, 15) is 0 Å². The zero-order valence-corrected chi connectivity index (χ0v) is 19.9. The van der Waals surface area contributed by atoms with E-state index in [1.54, 1.807) is 57.8 Å². The molecular formula is C28H50. The smallest absolute Gasteiger partial charge is 0.0303 e. The third-order valence-corrected chi connectivity index (χ3v) is 10.8. The van der Waals surface area contributed by atoms with Crippen molar-refractivity contribution in [3.8, 4) is 0 Å². The van der Waals surface area contributed by atoms with Gasteiger partial charge in [-0.2, -0.15) is 0 Å². The van der Waals surface area contributed by atoms with Gasteiger partial charge in [0.2, 0.25) is 0 Å². The van der Waals surface area contributed by atoms with Crippen LogP contribution in [0.3, 0.4) is 0 Å². The SMILES string of the molecule is CCC(CC)C1CC(C)(C)C(C2CCC(CC3C4CCC3CC4)CC2)C1CC. The Kier molecular flexibility index (Phi) is 6.54. The van der Waals surface area contributed by atoms with Crippen molar-refractivity contribution in [2.45, 2.75) is 118 Å². The van der Waals surface area contributed by atoms with Crippen LogP contribution in [0.2, 0.25) is 0 Å². The summed E-state index contributed by atoms with van der Waals surface area (Å²) in [5, 5.41) is 0. The van der Waals surface area contributed by atoms with Crippen molar-refractivity contribution in [1.29, 1.82) is 0 Å². The first-order chi connectivity index (χ1) is 13.5. The largest absolute Gasteiger partial charge is 0.0651 e. The van der Waals surface area contributed by atoms with Crippen LogP contribution in [0.1, 0.15) is 118 Å². The van der Waals surface area contributed by atoms with Crippen LogP contribution in [0.4, 0.5) is 0 Å². The van der Waals surface area contributed by atoms with Crippen LogP contribution in [0.15, 0.2) is 0 Å². The zero-order chi connectivity index (χ0) is 19.9. The fourth-order valence-corrected chi connectivity index (χ4v) is 9.63. The molecule has 4 rings (SSSR count). The molecule has 162 valence electrons. The standard InChI is InChI=1S/C28H50/c1-6-20(7-2)26-18-28(4,5)27(24(26)8-3)23-11-9-19(10-12-23)17-25-21-13-14-22(25)16-15-21/h19-27H,6-18H2,1-5H3. The first kappa shape index (κ1) is 21.2. The molecule has 0 amide bonds. The molecule has 0 aromatic rings. The summed E-state index contributed by atoms with van der Waals surface area (Å²) in [6, 6.07) is 0. The van der Waals surface area contributed by atoms with Crippen molar-refractivity contribution < 1.29 is 0 Å². The van der Waals surface area contributed by atoms with Crippen molar-refractivity contribution >= 4 is 0 Å². The van der Waals surface area contributed by atoms with Crippen LogP contribution in [0.5, 0.6) is 0 Å². The molecule has 0 nitrogen and oxygen atoms in total. The molecule has 0 N–H and O–H groups in total. The third-order valence-electron chi connectivity index (χ3n) is 10.8. The topological polar surface area (TPSA) is 0 Å². The average molecular weight is 387 g/mol. The summed E-state index contributed by atoms with van der Waals surface area (Å²) in [4.78, 5) is 0. The van der Waals surface area contributed by atoms with Gasteiger partial charge in [0, 0.05) is 0 Å². The fraction of sp³-hybridized carbons (Fsp3) is 1.00. The van der Waals surface area contributed by atoms with Crippen LogP contribution in [-0.2, 0) is 0 Å². The van der Waals surface area contributed by atoms with Crippen molar-refractivity contribution in [2.75, 3.05) is 0 Å². The third kappa shape index (κ3) is 3.85. The molecule has 4 saturated carbocycles. The van der Waals surface area contributed by atoms with Crippen LogP contribution >= 0.6 is 0 Å². The Morgan fingerprint density at radius 3 is 1.75 bits per heavy atom. The van der Waals surface area contributed by atoms with E-state index < -0.39 is 0 Å². The second kappa shape index (κ2) is 8.63. The van der Waals surface area contributed by atoms with Gasteiger partial charge in [0.1, 0.15) is 0 Å². The zero-order valence-electron chi connectivity index (χ0n) is 19.9. The molecule has 0 radical (unpaired) electrons. The Morgan fingerprint density at radius 2 is 1.25 bits per heavy atom. The lowest BCUT2D eigenvalue weighted by Gasteiger charge is -2.42. The van der Waals surface area contributed by atoms with Crippen LogP contribution in [0, 0.1) is 58.7 Å². The van der Waals surface area contributed by atoms with Gasteiger partial charge >= 0.3 is 0 Å². The van der Waals surface area contributed by atoms with Gasteiger partial charge in [0.05, 0.1) is 0 Å². The molecule has 3 atom stereocenters. The van der Waals surface area contributed by atoms with Crippen LogP contribution in [-0.4, -0.2) is 0 Å². The molecule has 0 aliphatic heterocycles. The maximum absolute atomic E-state index is 2.64. The summed E-state index contributed by atoms with van der Waals surface area (Å²) >= 11 is 0. The normalized spacial score (nSPS) is 45.2. The highest BCUT2D eigenvalue weighted by molar-refractivity contribution is 5.01. The van der Waals surface area contributed by atoms with E-state index >= 15 is 0 Å². The van der Waals surface area contributed by atoms with Crippen molar-refractivity contribution in [2.24, 2.45) is 58.7 Å². The first-order valence-corrected chi connectivity index (χ1v) is 13.5. The first-order valence-electron chi connectivity index (χ1n) is 13.5. The molecule has 28 heavy (non-hydrogen) atoms. The lowest BCUT2D eigenvalue weighted by Crippen LogP contribution is -2.34. The van der Waals surface area contributed by atoms with Gasteiger partial charge in [-0.25, -0.2) is 0 Å². The van der Waals surface area contributed by atoms with Gasteiger partial charge in [-0.05, 0) is 110 Å². The predicted octanol–water partition coefficient (Wildman–Crippen LogP) is 8.74. The van der Waals surface area contributed by atoms with Crippen molar-refractivity contribution in [3.05, 3.63) is 0 Å². The van der Waals surface area contributed by atoms with E-state index in [-0.39, 0.29) is 0 Å². The van der Waals surface area contributed by atoms with E-state index in [0.29, 0.717) is 5.41 Å². The molecule has 0 spiro atoms. The summed E-state index contributed by atoms with van der Waals surface area (Å²) in [7, 11) is 0. The fourth-order valence-electron chi connectivity index (χ4n) is 9.63. The Morgan fingerprint density at radius 1 is 0.714 bits per heavy atom. The highest BCUT2D eigenvalue weighted by Gasteiger charge is 2.52. The molecular weight excluding hydrogens is 336 g/mol. The molecule has 4 aliphatic carbocycles. The van der Waals surface area contributed by atoms with Gasteiger partial charge in [-0.15, -0.1) is 0 Å². The van der Waals surface area contributed by atoms with Crippen molar-refractivity contribution in [3.63, 3.8) is 0 Å². The molecule has 0 saturated heterocycles. The monoisotopic (exact) mass is 386 g/mol. The molecule has 4 fully saturated rings. The van der Waals surface area contributed by atoms with E-state index in [2.05, 4.69) is 34.6 Å². The van der Waals surface area contributed by atoms with Crippen molar-refractivity contribution in [1.82, 2.24) is 0 Å². The molecule has 0 heteroatoms. The summed E-state index contributed by atoms with van der Waals surface area (Å²) in [6.45, 7) is 12.7. The molecule has 0 aromatic carbocycles. The highest BCUT2D eigenvalue weighted by atomic mass is 14.6. The van der Waals surface area contributed by atoms with Gasteiger partial charge in [0.25, 0.3) is 0 Å². The van der Waals surface area contributed by atoms with E-state index in [1.165, 1.54) is 25.7 Å². The summed E-state index contributed by atoms with van der Waals surface area (Å²) in [5.74, 6) is 9.54. The Labute approximate surface area is 177 Å². The van der Waals surface area contributed by atoms with Gasteiger partial charge in [0.15, 0.2) is 0 Å². The second-order valence-electron chi connectivity index (χ2n) is 12.4. The Balaban J connectivity index is 1.37. The van der Waals surface area contributed by atoms with Gasteiger partial charge < -0.3 is 0 Å². The maximum Gasteiger partial charge on any atom is -0.0303 e. The van der Waals surface area contributed by atoms with Gasteiger partial charge in [-0.3, -0.25) is 0 Å². The lowest BCUT2D eigenvalue weighted by atomic mass is 9.63. The molecule has 4 aliphatic rings. The van der Waals surface area contributed by atoms with E-state index in [0.717, 1.165) is 53.3 Å². The average Bonchev–Trinajstić information content (AvgIpc) is 3.34. The minimum atomic E-state index is 0.579. The Hall–Kier alpha value is 0. The highest BCUT2D eigenvalue weighted by Crippen LogP contribution is 2.60. The van der Waals surface area contributed by atoms with Crippen LogP contribution in [0.25, 0.3) is 0 Å². The maximum atomic E-state index is 2.64. The Bertz CT molecular complexity index is 472. The minimum absolute atomic E-state index is 0.579. The lowest BCUT2D eigenvalue weighted by molar-refractivity contribution is 0.0764. The molecule has 3 unspecified atom stereocenters. The number of hydrogen-bond donors (Lipinski definition) is 0.